The van der Waals surface area contributed by atoms with Crippen molar-refractivity contribution in [3.8, 4) is 5.88 Å². The van der Waals surface area contributed by atoms with Gasteiger partial charge in [0.2, 0.25) is 5.88 Å². The highest BCUT2D eigenvalue weighted by atomic mass is 16.5. The maximum atomic E-state index is 5.95. The standard InChI is InChI=1S/C20H24N6O/c1-13-8-16(26(3)25-13)11-22-19-10-20(24-14(2)23-19)27-12-15-9-17(15)18-6-4-5-7-21-18/h4-8,10,15,17H,9,11-12H2,1-3H3,(H,22,23,24). The fourth-order valence-electron chi connectivity index (χ4n) is 3.30. The van der Waals surface area contributed by atoms with Gasteiger partial charge in [-0.3, -0.25) is 9.67 Å². The Kier molecular flexibility index (Phi) is 4.75. The van der Waals surface area contributed by atoms with Crippen molar-refractivity contribution in [3.63, 3.8) is 0 Å². The van der Waals surface area contributed by atoms with Crippen LogP contribution in [0.15, 0.2) is 36.5 Å². The number of hydrogen-bond acceptors (Lipinski definition) is 6. The third kappa shape index (κ3) is 4.24. The highest BCUT2D eigenvalue weighted by Crippen LogP contribution is 2.46. The van der Waals surface area contributed by atoms with E-state index in [1.54, 1.807) is 0 Å². The summed E-state index contributed by atoms with van der Waals surface area (Å²) in [5, 5.41) is 7.69. The van der Waals surface area contributed by atoms with Gasteiger partial charge in [0, 0.05) is 36.8 Å². The second-order valence-electron chi connectivity index (χ2n) is 7.06. The number of nitrogens with one attached hydrogen (secondary N) is 1. The molecule has 0 amide bonds. The first kappa shape index (κ1) is 17.5. The lowest BCUT2D eigenvalue weighted by Crippen LogP contribution is -2.09. The molecule has 1 aliphatic carbocycles. The van der Waals surface area contributed by atoms with Crippen LogP contribution in [0.25, 0.3) is 0 Å². The van der Waals surface area contributed by atoms with Gasteiger partial charge in [-0.05, 0) is 38.5 Å². The van der Waals surface area contributed by atoms with Gasteiger partial charge in [0.05, 0.1) is 24.5 Å². The molecular weight excluding hydrogens is 340 g/mol. The molecule has 0 spiro atoms. The first-order chi connectivity index (χ1) is 13.1. The Labute approximate surface area is 158 Å². The molecule has 2 atom stereocenters. The van der Waals surface area contributed by atoms with Crippen LogP contribution in [0.2, 0.25) is 0 Å². The minimum Gasteiger partial charge on any atom is -0.477 e. The molecule has 7 nitrogen and oxygen atoms in total. The zero-order valence-corrected chi connectivity index (χ0v) is 15.9. The van der Waals surface area contributed by atoms with Crippen LogP contribution >= 0.6 is 0 Å². The SMILES string of the molecule is Cc1cc(CNc2cc(OCC3CC3c3ccccn3)nc(C)n2)n(C)n1. The normalized spacial score (nSPS) is 18.3. The van der Waals surface area contributed by atoms with Crippen LogP contribution in [0.1, 0.15) is 35.2 Å². The number of rotatable bonds is 7. The summed E-state index contributed by atoms with van der Waals surface area (Å²) in [5.41, 5.74) is 3.25. The van der Waals surface area contributed by atoms with Crippen LogP contribution in [-0.4, -0.2) is 31.3 Å². The van der Waals surface area contributed by atoms with Gasteiger partial charge in [0.15, 0.2) is 0 Å². The van der Waals surface area contributed by atoms with E-state index in [9.17, 15) is 0 Å². The first-order valence-electron chi connectivity index (χ1n) is 9.21. The van der Waals surface area contributed by atoms with Gasteiger partial charge in [0.25, 0.3) is 0 Å². The van der Waals surface area contributed by atoms with Crippen LogP contribution in [0.5, 0.6) is 5.88 Å². The van der Waals surface area contributed by atoms with Gasteiger partial charge in [-0.25, -0.2) is 4.98 Å². The summed E-state index contributed by atoms with van der Waals surface area (Å²) in [5.74, 6) is 3.06. The number of hydrogen-bond donors (Lipinski definition) is 1. The molecule has 0 aromatic carbocycles. The summed E-state index contributed by atoms with van der Waals surface area (Å²) in [6.45, 7) is 5.16. The molecule has 140 valence electrons. The van der Waals surface area contributed by atoms with Gasteiger partial charge < -0.3 is 10.1 Å². The van der Waals surface area contributed by atoms with Gasteiger partial charge in [-0.1, -0.05) is 6.07 Å². The zero-order valence-electron chi connectivity index (χ0n) is 15.9. The first-order valence-corrected chi connectivity index (χ1v) is 9.21. The largest absolute Gasteiger partial charge is 0.477 e. The molecule has 27 heavy (non-hydrogen) atoms. The average Bonchev–Trinajstić information content (AvgIpc) is 3.36. The monoisotopic (exact) mass is 364 g/mol. The topological polar surface area (TPSA) is 77.8 Å². The molecule has 0 bridgehead atoms. The fourth-order valence-corrected chi connectivity index (χ4v) is 3.30. The van der Waals surface area contributed by atoms with Crippen molar-refractivity contribution in [2.45, 2.75) is 32.7 Å². The van der Waals surface area contributed by atoms with Crippen LogP contribution in [0.4, 0.5) is 5.82 Å². The number of aryl methyl sites for hydroxylation is 3. The van der Waals surface area contributed by atoms with Crippen molar-refractivity contribution < 1.29 is 4.74 Å². The van der Waals surface area contributed by atoms with Crippen LogP contribution in [0.3, 0.4) is 0 Å². The molecule has 2 unspecified atom stereocenters. The van der Waals surface area contributed by atoms with E-state index >= 15 is 0 Å². The lowest BCUT2D eigenvalue weighted by Gasteiger charge is -2.10. The average molecular weight is 364 g/mol. The molecular formula is C20H24N6O. The van der Waals surface area contributed by atoms with Crippen molar-refractivity contribution in [2.75, 3.05) is 11.9 Å². The third-order valence-electron chi connectivity index (χ3n) is 4.80. The molecule has 1 aliphatic rings. The third-order valence-corrected chi connectivity index (χ3v) is 4.80. The molecule has 1 saturated carbocycles. The maximum Gasteiger partial charge on any atom is 0.218 e. The minimum absolute atomic E-state index is 0.500. The predicted molar refractivity (Wildman–Crippen MR) is 103 cm³/mol. The van der Waals surface area contributed by atoms with Crippen molar-refractivity contribution >= 4 is 5.82 Å². The highest BCUT2D eigenvalue weighted by Gasteiger charge is 2.39. The van der Waals surface area contributed by atoms with Crippen LogP contribution in [0, 0.1) is 19.8 Å². The second kappa shape index (κ2) is 7.34. The molecule has 3 aromatic rings. The van der Waals surface area contributed by atoms with E-state index in [0.717, 1.165) is 29.3 Å². The molecule has 1 fully saturated rings. The van der Waals surface area contributed by atoms with Crippen molar-refractivity contribution in [3.05, 3.63) is 59.4 Å². The Morgan fingerprint density at radius 1 is 1.22 bits per heavy atom. The summed E-state index contributed by atoms with van der Waals surface area (Å²) in [6, 6.07) is 9.98. The molecule has 0 saturated heterocycles. The Morgan fingerprint density at radius 2 is 2.11 bits per heavy atom. The summed E-state index contributed by atoms with van der Waals surface area (Å²) >= 11 is 0. The van der Waals surface area contributed by atoms with E-state index in [2.05, 4.69) is 37.5 Å². The van der Waals surface area contributed by atoms with Crippen molar-refractivity contribution in [1.82, 2.24) is 24.7 Å². The number of anilines is 1. The molecule has 3 aromatic heterocycles. The maximum absolute atomic E-state index is 5.95. The van der Waals surface area contributed by atoms with E-state index in [0.29, 0.717) is 36.7 Å². The summed E-state index contributed by atoms with van der Waals surface area (Å²) in [7, 11) is 1.94. The smallest absolute Gasteiger partial charge is 0.218 e. The van der Waals surface area contributed by atoms with Crippen molar-refractivity contribution in [1.29, 1.82) is 0 Å². The van der Waals surface area contributed by atoms with E-state index in [-0.39, 0.29) is 0 Å². The number of pyridine rings is 1. The highest BCUT2D eigenvalue weighted by molar-refractivity contribution is 5.39. The molecule has 1 N–H and O–H groups in total. The summed E-state index contributed by atoms with van der Waals surface area (Å²) < 4.78 is 7.82. The number of ether oxygens (including phenoxy) is 1. The lowest BCUT2D eigenvalue weighted by molar-refractivity contribution is 0.284. The molecule has 4 rings (SSSR count). The number of aromatic nitrogens is 5. The van der Waals surface area contributed by atoms with E-state index in [1.165, 1.54) is 0 Å². The van der Waals surface area contributed by atoms with Crippen LogP contribution in [-0.2, 0) is 13.6 Å². The van der Waals surface area contributed by atoms with Gasteiger partial charge in [0.1, 0.15) is 11.6 Å². The van der Waals surface area contributed by atoms with Crippen molar-refractivity contribution in [2.24, 2.45) is 13.0 Å². The summed E-state index contributed by atoms with van der Waals surface area (Å²) in [4.78, 5) is 13.3. The molecule has 0 aliphatic heterocycles. The zero-order chi connectivity index (χ0) is 18.8. The Hall–Kier alpha value is -2.96. The number of nitrogens with zero attached hydrogens (tertiary/aromatic N) is 5. The minimum atomic E-state index is 0.500. The lowest BCUT2D eigenvalue weighted by atomic mass is 10.2. The predicted octanol–water partition coefficient (Wildman–Crippen LogP) is 3.02. The molecule has 0 radical (unpaired) electrons. The van der Waals surface area contributed by atoms with Gasteiger partial charge in [-0.15, -0.1) is 0 Å². The molecule has 7 heteroatoms. The van der Waals surface area contributed by atoms with E-state index in [4.69, 9.17) is 4.74 Å². The van der Waals surface area contributed by atoms with E-state index in [1.807, 2.05) is 50.0 Å². The Balaban J connectivity index is 1.34. The Morgan fingerprint density at radius 3 is 2.85 bits per heavy atom. The quantitative estimate of drug-likeness (QED) is 0.694. The van der Waals surface area contributed by atoms with Gasteiger partial charge in [-0.2, -0.15) is 10.1 Å². The second-order valence-corrected chi connectivity index (χ2v) is 7.06. The summed E-state index contributed by atoms with van der Waals surface area (Å²) in [6.07, 6.45) is 2.97. The Bertz CT molecular complexity index is 923. The van der Waals surface area contributed by atoms with E-state index < -0.39 is 0 Å². The molecule has 3 heterocycles. The van der Waals surface area contributed by atoms with Gasteiger partial charge >= 0.3 is 0 Å². The fraction of sp³-hybridized carbons (Fsp3) is 0.400. The van der Waals surface area contributed by atoms with Crippen LogP contribution < -0.4 is 10.1 Å².